The molecule has 130 valence electrons. The van der Waals surface area contributed by atoms with Gasteiger partial charge in [0.25, 0.3) is 0 Å². The van der Waals surface area contributed by atoms with Crippen LogP contribution in [0.4, 0.5) is 4.79 Å². The van der Waals surface area contributed by atoms with E-state index in [2.05, 4.69) is 5.32 Å². The lowest BCUT2D eigenvalue weighted by molar-refractivity contribution is -0.226. The van der Waals surface area contributed by atoms with Gasteiger partial charge in [0, 0.05) is 0 Å². The average molecular weight is 325 g/mol. The van der Waals surface area contributed by atoms with Crippen LogP contribution in [-0.2, 0) is 14.3 Å². The maximum Gasteiger partial charge on any atom is 0.408 e. The predicted octanol–water partition coefficient (Wildman–Crippen LogP) is 1.99. The maximum absolute atomic E-state index is 12.1. The maximum atomic E-state index is 12.1. The Morgan fingerprint density at radius 1 is 1.17 bits per heavy atom. The fourth-order valence-corrected chi connectivity index (χ4v) is 4.80. The van der Waals surface area contributed by atoms with Crippen molar-refractivity contribution < 1.29 is 24.2 Å². The van der Waals surface area contributed by atoms with Crippen molar-refractivity contribution in [3.63, 3.8) is 0 Å². The minimum atomic E-state index is -0.735. The van der Waals surface area contributed by atoms with Crippen molar-refractivity contribution >= 4 is 12.1 Å². The lowest BCUT2D eigenvalue weighted by Crippen LogP contribution is -2.62. The summed E-state index contributed by atoms with van der Waals surface area (Å²) in [5.41, 5.74) is -1.34. The van der Waals surface area contributed by atoms with Crippen LogP contribution in [0, 0.1) is 17.8 Å². The quantitative estimate of drug-likeness (QED) is 0.775. The standard InChI is InChI=1S/C17H27NO5/c1-16(2,3)23-15(21)18-9-13(19)22-17-7-10-4-11(8-17)6-12(5-10)14(17)20/h10-12,14,20H,4-9H2,1-3H3,(H,18,21)/t10-,11?,12?,14-,17?/m0/s1. The number of ether oxygens (including phenoxy) is 2. The summed E-state index contributed by atoms with van der Waals surface area (Å²) in [6, 6.07) is 0. The fraction of sp³-hybridized carbons (Fsp3) is 0.882. The second kappa shape index (κ2) is 5.65. The van der Waals surface area contributed by atoms with Crippen molar-refractivity contribution in [1.29, 1.82) is 0 Å². The molecule has 4 aliphatic rings. The summed E-state index contributed by atoms with van der Waals surface area (Å²) < 4.78 is 10.8. The van der Waals surface area contributed by atoms with Crippen LogP contribution in [0.2, 0.25) is 0 Å². The van der Waals surface area contributed by atoms with Crippen LogP contribution in [0.25, 0.3) is 0 Å². The molecule has 0 aromatic carbocycles. The lowest BCUT2D eigenvalue weighted by atomic mass is 9.53. The number of alkyl carbamates (subject to hydrolysis) is 1. The molecule has 4 bridgehead atoms. The second-order valence-corrected chi connectivity index (χ2v) is 8.45. The Kier molecular flexibility index (Phi) is 4.07. The Hall–Kier alpha value is -1.30. The Morgan fingerprint density at radius 3 is 2.35 bits per heavy atom. The lowest BCUT2D eigenvalue weighted by Gasteiger charge is -2.58. The number of amides is 1. The Labute approximate surface area is 136 Å². The van der Waals surface area contributed by atoms with E-state index in [0.29, 0.717) is 11.8 Å². The van der Waals surface area contributed by atoms with E-state index in [9.17, 15) is 14.7 Å². The highest BCUT2D eigenvalue weighted by atomic mass is 16.6. The molecule has 4 aliphatic carbocycles. The number of hydrogen-bond donors (Lipinski definition) is 2. The SMILES string of the molecule is CC(C)(C)OC(=O)NCC(=O)OC12CC3CC(C[C@H](C3)C1)[C@@H]2O. The van der Waals surface area contributed by atoms with Gasteiger partial charge in [0.05, 0.1) is 6.10 Å². The van der Waals surface area contributed by atoms with E-state index in [1.54, 1.807) is 20.8 Å². The molecule has 0 spiro atoms. The molecule has 1 amide bonds. The average Bonchev–Trinajstić information content (AvgIpc) is 2.39. The number of carbonyl (C=O) groups is 2. The topological polar surface area (TPSA) is 84.9 Å². The Morgan fingerprint density at radius 2 is 1.78 bits per heavy atom. The third-order valence-corrected chi connectivity index (χ3v) is 5.29. The van der Waals surface area contributed by atoms with Gasteiger partial charge in [-0.05, 0) is 70.6 Å². The first kappa shape index (κ1) is 16.6. The number of aliphatic hydroxyl groups is 1. The first-order valence-electron chi connectivity index (χ1n) is 8.54. The van der Waals surface area contributed by atoms with E-state index < -0.39 is 29.4 Å². The van der Waals surface area contributed by atoms with E-state index >= 15 is 0 Å². The summed E-state index contributed by atoms with van der Waals surface area (Å²) in [4.78, 5) is 23.7. The van der Waals surface area contributed by atoms with Crippen LogP contribution in [0.15, 0.2) is 0 Å². The first-order chi connectivity index (χ1) is 10.7. The molecule has 0 aliphatic heterocycles. The highest BCUT2D eigenvalue weighted by Gasteiger charge is 2.59. The third-order valence-electron chi connectivity index (χ3n) is 5.29. The molecule has 4 rings (SSSR count). The highest BCUT2D eigenvalue weighted by Crippen LogP contribution is 2.57. The molecule has 4 fully saturated rings. The summed E-state index contributed by atoms with van der Waals surface area (Å²) >= 11 is 0. The van der Waals surface area contributed by atoms with Gasteiger partial charge in [-0.3, -0.25) is 4.79 Å². The molecule has 6 nitrogen and oxygen atoms in total. The molecule has 3 unspecified atom stereocenters. The molecule has 0 aromatic heterocycles. The molecule has 0 saturated heterocycles. The zero-order valence-electron chi connectivity index (χ0n) is 14.1. The molecule has 0 radical (unpaired) electrons. The third kappa shape index (κ3) is 3.47. The molecule has 5 atom stereocenters. The number of nitrogens with one attached hydrogen (secondary N) is 1. The number of esters is 1. The largest absolute Gasteiger partial charge is 0.455 e. The molecule has 0 aromatic rings. The monoisotopic (exact) mass is 325 g/mol. The Balaban J connectivity index is 1.54. The fourth-order valence-electron chi connectivity index (χ4n) is 4.80. The van der Waals surface area contributed by atoms with Crippen molar-refractivity contribution in [3.8, 4) is 0 Å². The van der Waals surface area contributed by atoms with Crippen LogP contribution in [0.1, 0.15) is 52.9 Å². The van der Waals surface area contributed by atoms with E-state index in [1.807, 2.05) is 0 Å². The summed E-state index contributed by atoms with van der Waals surface area (Å²) in [7, 11) is 0. The van der Waals surface area contributed by atoms with Crippen LogP contribution in [0.5, 0.6) is 0 Å². The minimum absolute atomic E-state index is 0.233. The number of rotatable bonds is 3. The second-order valence-electron chi connectivity index (χ2n) is 8.45. The molecule has 23 heavy (non-hydrogen) atoms. The van der Waals surface area contributed by atoms with Crippen molar-refractivity contribution in [2.45, 2.75) is 70.2 Å². The van der Waals surface area contributed by atoms with Crippen molar-refractivity contribution in [2.75, 3.05) is 6.54 Å². The zero-order valence-corrected chi connectivity index (χ0v) is 14.1. The number of hydrogen-bond acceptors (Lipinski definition) is 5. The van der Waals surface area contributed by atoms with Crippen LogP contribution >= 0.6 is 0 Å². The van der Waals surface area contributed by atoms with Gasteiger partial charge in [-0.2, -0.15) is 0 Å². The summed E-state index contributed by atoms with van der Waals surface area (Å²) in [5.74, 6) is 0.870. The van der Waals surface area contributed by atoms with E-state index in [4.69, 9.17) is 9.47 Å². The first-order valence-corrected chi connectivity index (χ1v) is 8.54. The Bertz CT molecular complexity index is 484. The van der Waals surface area contributed by atoms with Gasteiger partial charge in [-0.15, -0.1) is 0 Å². The molecule has 2 N–H and O–H groups in total. The van der Waals surface area contributed by atoms with Gasteiger partial charge in [0.15, 0.2) is 0 Å². The zero-order chi connectivity index (χ0) is 16.8. The van der Waals surface area contributed by atoms with Gasteiger partial charge >= 0.3 is 12.1 Å². The van der Waals surface area contributed by atoms with Gasteiger partial charge in [-0.25, -0.2) is 4.79 Å². The molecule has 0 heterocycles. The number of aliphatic hydroxyl groups excluding tert-OH is 1. The smallest absolute Gasteiger partial charge is 0.408 e. The minimum Gasteiger partial charge on any atom is -0.455 e. The molecule has 4 saturated carbocycles. The van der Waals surface area contributed by atoms with Gasteiger partial charge in [-0.1, -0.05) is 0 Å². The van der Waals surface area contributed by atoms with Gasteiger partial charge in [0.1, 0.15) is 17.7 Å². The summed E-state index contributed by atoms with van der Waals surface area (Å²) in [6.07, 6.45) is 3.58. The van der Waals surface area contributed by atoms with Crippen LogP contribution < -0.4 is 5.32 Å². The van der Waals surface area contributed by atoms with Gasteiger partial charge < -0.3 is 19.9 Å². The van der Waals surface area contributed by atoms with Crippen LogP contribution in [-0.4, -0.2) is 41.0 Å². The van der Waals surface area contributed by atoms with E-state index in [-0.39, 0.29) is 12.5 Å². The van der Waals surface area contributed by atoms with Crippen LogP contribution in [0.3, 0.4) is 0 Å². The van der Waals surface area contributed by atoms with Crippen molar-refractivity contribution in [1.82, 2.24) is 5.32 Å². The summed E-state index contributed by atoms with van der Waals surface area (Å²) in [6.45, 7) is 5.05. The molecule has 6 heteroatoms. The summed E-state index contributed by atoms with van der Waals surface area (Å²) in [5, 5.41) is 13.0. The number of carbonyl (C=O) groups excluding carboxylic acids is 2. The predicted molar refractivity (Wildman–Crippen MR) is 82.6 cm³/mol. The van der Waals surface area contributed by atoms with Crippen molar-refractivity contribution in [2.24, 2.45) is 17.8 Å². The molecular formula is C17H27NO5. The van der Waals surface area contributed by atoms with E-state index in [0.717, 1.165) is 25.7 Å². The molecular weight excluding hydrogens is 298 g/mol. The van der Waals surface area contributed by atoms with E-state index in [1.165, 1.54) is 6.42 Å². The normalized spacial score (nSPS) is 38.3. The highest BCUT2D eigenvalue weighted by molar-refractivity contribution is 5.78. The van der Waals surface area contributed by atoms with Gasteiger partial charge in [0.2, 0.25) is 0 Å². The van der Waals surface area contributed by atoms with Crippen molar-refractivity contribution in [3.05, 3.63) is 0 Å².